The molecular formula is C23H29N3O5. The van der Waals surface area contributed by atoms with Gasteiger partial charge in [0.05, 0.1) is 29.8 Å². The lowest BCUT2D eigenvalue weighted by Gasteiger charge is -2.34. The van der Waals surface area contributed by atoms with Gasteiger partial charge in [-0.1, -0.05) is 24.3 Å². The van der Waals surface area contributed by atoms with Crippen LogP contribution >= 0.6 is 0 Å². The van der Waals surface area contributed by atoms with Crippen LogP contribution in [0.25, 0.3) is 11.3 Å². The fourth-order valence-corrected chi connectivity index (χ4v) is 4.14. The summed E-state index contributed by atoms with van der Waals surface area (Å²) in [6.07, 6.45) is 8.58. The van der Waals surface area contributed by atoms with Crippen molar-refractivity contribution in [3.05, 3.63) is 53.9 Å². The minimum Gasteiger partial charge on any atom is -0.473 e. The van der Waals surface area contributed by atoms with Gasteiger partial charge in [0.15, 0.2) is 0 Å². The molecule has 31 heavy (non-hydrogen) atoms. The van der Waals surface area contributed by atoms with Crippen molar-refractivity contribution in [2.45, 2.75) is 45.3 Å². The van der Waals surface area contributed by atoms with E-state index in [-0.39, 0.29) is 0 Å². The van der Waals surface area contributed by atoms with Crippen molar-refractivity contribution < 1.29 is 24.5 Å². The molecular weight excluding hydrogens is 398 g/mol. The Labute approximate surface area is 181 Å². The molecule has 0 bridgehead atoms. The Morgan fingerprint density at radius 2 is 1.74 bits per heavy atom. The molecule has 1 aliphatic carbocycles. The van der Waals surface area contributed by atoms with Crippen LogP contribution in [0.4, 0.5) is 0 Å². The van der Waals surface area contributed by atoms with Crippen molar-refractivity contribution in [2.75, 3.05) is 19.6 Å². The van der Waals surface area contributed by atoms with Crippen LogP contribution in [0.15, 0.2) is 42.6 Å². The second-order valence-corrected chi connectivity index (χ2v) is 7.92. The molecule has 2 heterocycles. The molecule has 2 aromatic rings. The summed E-state index contributed by atoms with van der Waals surface area (Å²) in [6, 6.07) is 10.5. The SMILES string of the molecule is C[C@@H]1CN(CC=C2CCCc3c2cnn3-c2ccccc2)C[C@H](C)O1.O=C(O)C(=O)O. The van der Waals surface area contributed by atoms with Crippen LogP contribution in [0.1, 0.15) is 37.9 Å². The maximum absolute atomic E-state index is 9.10. The number of para-hydroxylation sites is 1. The van der Waals surface area contributed by atoms with Crippen LogP contribution in [0.5, 0.6) is 0 Å². The first-order valence-corrected chi connectivity index (χ1v) is 10.5. The Balaban J connectivity index is 0.000000401. The van der Waals surface area contributed by atoms with E-state index < -0.39 is 11.9 Å². The number of fused-ring (bicyclic) bond motifs is 1. The number of carboxylic acid groups (broad SMARTS) is 2. The monoisotopic (exact) mass is 427 g/mol. The average molecular weight is 428 g/mol. The fraction of sp³-hybridized carbons (Fsp3) is 0.435. The molecule has 1 fully saturated rings. The van der Waals surface area contributed by atoms with E-state index in [1.165, 1.54) is 23.3 Å². The normalized spacial score (nSPS) is 22.3. The van der Waals surface area contributed by atoms with Crippen LogP contribution in [-0.2, 0) is 20.7 Å². The molecule has 0 unspecified atom stereocenters. The van der Waals surface area contributed by atoms with Gasteiger partial charge < -0.3 is 14.9 Å². The van der Waals surface area contributed by atoms with Crippen LogP contribution in [-0.4, -0.2) is 68.7 Å². The third-order valence-corrected chi connectivity index (χ3v) is 5.35. The van der Waals surface area contributed by atoms with Gasteiger partial charge >= 0.3 is 11.9 Å². The summed E-state index contributed by atoms with van der Waals surface area (Å²) in [6.45, 7) is 7.37. The molecule has 8 nitrogen and oxygen atoms in total. The molecule has 1 saturated heterocycles. The van der Waals surface area contributed by atoms with Gasteiger partial charge in [-0.2, -0.15) is 5.10 Å². The molecule has 4 rings (SSSR count). The summed E-state index contributed by atoms with van der Waals surface area (Å²) in [5.74, 6) is -3.65. The summed E-state index contributed by atoms with van der Waals surface area (Å²) in [4.78, 5) is 20.7. The zero-order valence-electron chi connectivity index (χ0n) is 17.9. The number of benzene rings is 1. The van der Waals surface area contributed by atoms with Crippen molar-refractivity contribution >= 4 is 17.5 Å². The van der Waals surface area contributed by atoms with E-state index in [4.69, 9.17) is 24.5 Å². The minimum absolute atomic E-state index is 0.324. The van der Waals surface area contributed by atoms with Gasteiger partial charge in [0.2, 0.25) is 0 Å². The highest BCUT2D eigenvalue weighted by Crippen LogP contribution is 2.32. The number of hydrogen-bond acceptors (Lipinski definition) is 5. The number of nitrogens with zero attached hydrogens (tertiary/aromatic N) is 3. The van der Waals surface area contributed by atoms with Crippen molar-refractivity contribution in [3.8, 4) is 5.69 Å². The maximum Gasteiger partial charge on any atom is 0.414 e. The molecule has 0 radical (unpaired) electrons. The Morgan fingerprint density at radius 3 is 2.35 bits per heavy atom. The van der Waals surface area contributed by atoms with Crippen molar-refractivity contribution in [3.63, 3.8) is 0 Å². The zero-order valence-corrected chi connectivity index (χ0v) is 17.9. The first-order chi connectivity index (χ1) is 14.8. The molecule has 1 aromatic heterocycles. The fourth-order valence-electron chi connectivity index (χ4n) is 4.14. The van der Waals surface area contributed by atoms with Gasteiger partial charge in [-0.25, -0.2) is 14.3 Å². The summed E-state index contributed by atoms with van der Waals surface area (Å²) in [5, 5.41) is 19.5. The lowest BCUT2D eigenvalue weighted by molar-refractivity contribution is -0.159. The molecule has 0 amide bonds. The summed E-state index contributed by atoms with van der Waals surface area (Å²) >= 11 is 0. The van der Waals surface area contributed by atoms with E-state index in [1.54, 1.807) is 0 Å². The molecule has 0 spiro atoms. The lowest BCUT2D eigenvalue weighted by Crippen LogP contribution is -2.45. The number of allylic oxidation sites excluding steroid dienone is 1. The van der Waals surface area contributed by atoms with Crippen molar-refractivity contribution in [1.82, 2.24) is 14.7 Å². The molecule has 1 aromatic carbocycles. The smallest absolute Gasteiger partial charge is 0.414 e. The maximum atomic E-state index is 9.10. The van der Waals surface area contributed by atoms with Gasteiger partial charge in [0.1, 0.15) is 0 Å². The van der Waals surface area contributed by atoms with E-state index in [0.29, 0.717) is 12.2 Å². The molecule has 2 N–H and O–H groups in total. The molecule has 2 aliphatic rings. The predicted molar refractivity (Wildman–Crippen MR) is 116 cm³/mol. The summed E-state index contributed by atoms with van der Waals surface area (Å²) in [7, 11) is 0. The Kier molecular flexibility index (Phi) is 7.59. The van der Waals surface area contributed by atoms with E-state index in [1.807, 2.05) is 0 Å². The molecule has 166 valence electrons. The largest absolute Gasteiger partial charge is 0.473 e. The first-order valence-electron chi connectivity index (χ1n) is 10.5. The Hall–Kier alpha value is -2.97. The number of morpholine rings is 1. The number of aromatic nitrogens is 2. The number of hydrogen-bond donors (Lipinski definition) is 2. The molecule has 1 aliphatic heterocycles. The average Bonchev–Trinajstić information content (AvgIpc) is 3.17. The predicted octanol–water partition coefficient (Wildman–Crippen LogP) is 2.86. The van der Waals surface area contributed by atoms with E-state index in [9.17, 15) is 0 Å². The number of carbonyl (C=O) groups is 2. The molecule has 2 atom stereocenters. The van der Waals surface area contributed by atoms with Crippen molar-refractivity contribution in [2.24, 2.45) is 0 Å². The number of ether oxygens (including phenoxy) is 1. The molecule has 0 saturated carbocycles. The van der Waals surface area contributed by atoms with E-state index >= 15 is 0 Å². The van der Waals surface area contributed by atoms with Crippen molar-refractivity contribution in [1.29, 1.82) is 0 Å². The van der Waals surface area contributed by atoms with Gasteiger partial charge in [-0.05, 0) is 50.8 Å². The van der Waals surface area contributed by atoms with E-state index in [2.05, 4.69) is 71.1 Å². The Bertz CT molecular complexity index is 916. The second kappa shape index (κ2) is 10.4. The third kappa shape index (κ3) is 6.02. The lowest BCUT2D eigenvalue weighted by atomic mass is 9.92. The third-order valence-electron chi connectivity index (χ3n) is 5.35. The zero-order chi connectivity index (χ0) is 22.4. The highest BCUT2D eigenvalue weighted by molar-refractivity contribution is 6.27. The van der Waals surface area contributed by atoms with Crippen LogP contribution < -0.4 is 0 Å². The van der Waals surface area contributed by atoms with Gasteiger partial charge in [0.25, 0.3) is 0 Å². The van der Waals surface area contributed by atoms with Gasteiger partial charge in [-0.3, -0.25) is 4.90 Å². The minimum atomic E-state index is -1.82. The summed E-state index contributed by atoms with van der Waals surface area (Å²) in [5.41, 5.74) is 5.30. The second-order valence-electron chi connectivity index (χ2n) is 7.92. The highest BCUT2D eigenvalue weighted by atomic mass is 16.5. The van der Waals surface area contributed by atoms with Crippen LogP contribution in [0, 0.1) is 0 Å². The highest BCUT2D eigenvalue weighted by Gasteiger charge is 2.23. The first kappa shape index (κ1) is 22.7. The number of rotatable bonds is 3. The van der Waals surface area contributed by atoms with Gasteiger partial charge in [-0.15, -0.1) is 0 Å². The number of carboxylic acids is 2. The topological polar surface area (TPSA) is 105 Å². The standard InChI is InChI=1S/C21H27N3O.C2H2O4/c1-16-14-23(15-17(2)25-16)12-11-18-7-6-10-21-20(18)13-22-24(21)19-8-4-3-5-9-19;3-1(4)2(5)6/h3-5,8-9,11,13,16-17H,6-7,10,12,14-15H2,1-2H3;(H,3,4)(H,5,6)/t16-,17+;. The van der Waals surface area contributed by atoms with Crippen LogP contribution in [0.3, 0.4) is 0 Å². The Morgan fingerprint density at radius 1 is 1.10 bits per heavy atom. The van der Waals surface area contributed by atoms with E-state index in [0.717, 1.165) is 38.2 Å². The van der Waals surface area contributed by atoms with Gasteiger partial charge in [0, 0.05) is 25.2 Å². The molecule has 8 heteroatoms. The summed E-state index contributed by atoms with van der Waals surface area (Å²) < 4.78 is 7.95. The van der Waals surface area contributed by atoms with Crippen LogP contribution in [0.2, 0.25) is 0 Å². The quantitative estimate of drug-likeness (QED) is 0.726. The number of aliphatic carboxylic acids is 2.